The van der Waals surface area contributed by atoms with E-state index in [9.17, 15) is 4.79 Å². The highest BCUT2D eigenvalue weighted by Gasteiger charge is 2.05. The van der Waals surface area contributed by atoms with E-state index in [2.05, 4.69) is 4.98 Å². The molecule has 0 radical (unpaired) electrons. The third kappa shape index (κ3) is 2.36. The van der Waals surface area contributed by atoms with Gasteiger partial charge in [-0.1, -0.05) is 42.0 Å². The summed E-state index contributed by atoms with van der Waals surface area (Å²) in [5.74, 6) is 0. The lowest BCUT2D eigenvalue weighted by atomic mass is 10.1. The van der Waals surface area contributed by atoms with Crippen LogP contribution in [0.2, 0.25) is 0 Å². The molecule has 0 unspecified atom stereocenters. The van der Waals surface area contributed by atoms with Gasteiger partial charge in [0.25, 0.3) is 0 Å². The number of nitrogens with zero attached hydrogens (tertiary/aromatic N) is 1. The average molecular weight is 246 g/mol. The van der Waals surface area contributed by atoms with E-state index < -0.39 is 0 Å². The van der Waals surface area contributed by atoms with Crippen molar-refractivity contribution in [1.29, 1.82) is 0 Å². The minimum absolute atomic E-state index is 0.157. The van der Waals surface area contributed by atoms with Crippen molar-refractivity contribution in [2.45, 2.75) is 20.4 Å². The first-order valence-electron chi connectivity index (χ1n) is 5.53. The van der Waals surface area contributed by atoms with Gasteiger partial charge in [0.05, 0.1) is 5.69 Å². The maximum Gasteiger partial charge on any atom is 0.326 e. The number of benzene rings is 1. The van der Waals surface area contributed by atoms with Crippen LogP contribution in [0.3, 0.4) is 0 Å². The second kappa shape index (κ2) is 4.67. The van der Waals surface area contributed by atoms with Crippen LogP contribution in [0, 0.1) is 11.6 Å². The molecule has 17 heavy (non-hydrogen) atoms. The Morgan fingerprint density at radius 1 is 1.29 bits per heavy atom. The van der Waals surface area contributed by atoms with Crippen LogP contribution in [-0.2, 0) is 6.54 Å². The predicted molar refractivity (Wildman–Crippen MR) is 71.7 cm³/mol. The second-order valence-corrected chi connectivity index (χ2v) is 4.37. The Morgan fingerprint density at radius 2 is 1.94 bits per heavy atom. The molecule has 0 saturated carbocycles. The lowest BCUT2D eigenvalue weighted by Gasteiger charge is -2.10. The standard InChI is InChI=1S/C13H14N2OS/c1-3-15-11(8-12(17)14-13(15)16)10-6-4-9(2)5-7-10/h4-8H,3H2,1-2H3,(H,14,16,17). The van der Waals surface area contributed by atoms with Gasteiger partial charge in [0.2, 0.25) is 0 Å². The van der Waals surface area contributed by atoms with Gasteiger partial charge in [-0.3, -0.25) is 9.55 Å². The van der Waals surface area contributed by atoms with Gasteiger partial charge in [0.15, 0.2) is 0 Å². The molecule has 0 aliphatic rings. The van der Waals surface area contributed by atoms with Crippen LogP contribution >= 0.6 is 12.2 Å². The van der Waals surface area contributed by atoms with Gasteiger partial charge < -0.3 is 0 Å². The molecule has 1 N–H and O–H groups in total. The van der Waals surface area contributed by atoms with Crippen molar-refractivity contribution in [3.8, 4) is 11.3 Å². The maximum absolute atomic E-state index is 11.8. The van der Waals surface area contributed by atoms with Crippen molar-refractivity contribution in [2.75, 3.05) is 0 Å². The van der Waals surface area contributed by atoms with Gasteiger partial charge in [0.1, 0.15) is 4.64 Å². The van der Waals surface area contributed by atoms with Crippen LogP contribution in [0.5, 0.6) is 0 Å². The molecule has 1 heterocycles. The summed E-state index contributed by atoms with van der Waals surface area (Å²) in [6.07, 6.45) is 0. The van der Waals surface area contributed by atoms with Gasteiger partial charge in [-0.2, -0.15) is 0 Å². The molecule has 0 atom stereocenters. The van der Waals surface area contributed by atoms with E-state index in [4.69, 9.17) is 12.2 Å². The van der Waals surface area contributed by atoms with Crippen molar-refractivity contribution in [3.63, 3.8) is 0 Å². The number of nitrogens with one attached hydrogen (secondary N) is 1. The normalized spacial score (nSPS) is 10.5. The zero-order valence-corrected chi connectivity index (χ0v) is 10.7. The number of aromatic nitrogens is 2. The molecular weight excluding hydrogens is 232 g/mol. The molecular formula is C13H14N2OS. The average Bonchev–Trinajstić information content (AvgIpc) is 2.29. The molecule has 0 bridgehead atoms. The Balaban J connectivity index is 2.70. The number of aryl methyl sites for hydroxylation is 1. The van der Waals surface area contributed by atoms with Crippen molar-refractivity contribution < 1.29 is 0 Å². The van der Waals surface area contributed by atoms with Crippen LogP contribution < -0.4 is 5.69 Å². The van der Waals surface area contributed by atoms with E-state index >= 15 is 0 Å². The summed E-state index contributed by atoms with van der Waals surface area (Å²) in [5.41, 5.74) is 2.91. The molecule has 4 heteroatoms. The minimum atomic E-state index is -0.157. The summed E-state index contributed by atoms with van der Waals surface area (Å²) in [5, 5.41) is 0. The fraction of sp³-hybridized carbons (Fsp3) is 0.231. The summed E-state index contributed by atoms with van der Waals surface area (Å²) in [6, 6.07) is 9.89. The predicted octanol–water partition coefficient (Wildman–Crippen LogP) is 2.90. The van der Waals surface area contributed by atoms with Crippen LogP contribution in [0.4, 0.5) is 0 Å². The lowest BCUT2D eigenvalue weighted by molar-refractivity contribution is 0.705. The molecule has 3 nitrogen and oxygen atoms in total. The highest BCUT2D eigenvalue weighted by molar-refractivity contribution is 7.71. The summed E-state index contributed by atoms with van der Waals surface area (Å²) < 4.78 is 2.15. The smallest absolute Gasteiger partial charge is 0.298 e. The largest absolute Gasteiger partial charge is 0.326 e. The number of hydrogen-bond donors (Lipinski definition) is 1. The number of rotatable bonds is 2. The van der Waals surface area contributed by atoms with Crippen LogP contribution in [0.15, 0.2) is 35.1 Å². The highest BCUT2D eigenvalue weighted by atomic mass is 32.1. The SMILES string of the molecule is CCn1c(-c2ccc(C)cc2)cc(=S)[nH]c1=O. The van der Waals surface area contributed by atoms with E-state index in [1.54, 1.807) is 4.57 Å². The fourth-order valence-corrected chi connectivity index (χ4v) is 2.00. The van der Waals surface area contributed by atoms with Crippen molar-refractivity contribution in [2.24, 2.45) is 0 Å². The van der Waals surface area contributed by atoms with Crippen molar-refractivity contribution >= 4 is 12.2 Å². The van der Waals surface area contributed by atoms with Gasteiger partial charge >= 0.3 is 5.69 Å². The van der Waals surface area contributed by atoms with E-state index in [0.717, 1.165) is 11.3 Å². The molecule has 1 aromatic heterocycles. The Bertz CT molecular complexity index is 638. The Hall–Kier alpha value is -1.68. The topological polar surface area (TPSA) is 37.8 Å². The van der Waals surface area contributed by atoms with Gasteiger partial charge in [0, 0.05) is 6.54 Å². The molecule has 1 aromatic carbocycles. The minimum Gasteiger partial charge on any atom is -0.298 e. The van der Waals surface area contributed by atoms with Gasteiger partial charge in [-0.05, 0) is 25.5 Å². The zero-order chi connectivity index (χ0) is 12.4. The van der Waals surface area contributed by atoms with Crippen LogP contribution in [0.25, 0.3) is 11.3 Å². The van der Waals surface area contributed by atoms with E-state index in [0.29, 0.717) is 11.2 Å². The Kier molecular flexibility index (Phi) is 3.24. The van der Waals surface area contributed by atoms with E-state index in [-0.39, 0.29) is 5.69 Å². The van der Waals surface area contributed by atoms with Crippen molar-refractivity contribution in [1.82, 2.24) is 9.55 Å². The lowest BCUT2D eigenvalue weighted by Crippen LogP contribution is -2.23. The summed E-state index contributed by atoms with van der Waals surface area (Å²) >= 11 is 5.05. The molecule has 88 valence electrons. The van der Waals surface area contributed by atoms with E-state index in [1.165, 1.54) is 5.56 Å². The van der Waals surface area contributed by atoms with Crippen LogP contribution in [-0.4, -0.2) is 9.55 Å². The quantitative estimate of drug-likeness (QED) is 0.827. The molecule has 0 amide bonds. The molecule has 0 fully saturated rings. The molecule has 2 rings (SSSR count). The zero-order valence-electron chi connectivity index (χ0n) is 9.86. The fourth-order valence-electron chi connectivity index (χ4n) is 1.80. The first kappa shape index (κ1) is 11.8. The first-order valence-corrected chi connectivity index (χ1v) is 5.94. The molecule has 0 aliphatic carbocycles. The second-order valence-electron chi connectivity index (χ2n) is 3.93. The highest BCUT2D eigenvalue weighted by Crippen LogP contribution is 2.18. The summed E-state index contributed by atoms with van der Waals surface area (Å²) in [6.45, 7) is 4.60. The van der Waals surface area contributed by atoms with Gasteiger partial charge in [-0.25, -0.2) is 4.79 Å². The monoisotopic (exact) mass is 246 g/mol. The van der Waals surface area contributed by atoms with Crippen LogP contribution in [0.1, 0.15) is 12.5 Å². The van der Waals surface area contributed by atoms with Gasteiger partial charge in [-0.15, -0.1) is 0 Å². The number of hydrogen-bond acceptors (Lipinski definition) is 2. The van der Waals surface area contributed by atoms with Crippen molar-refractivity contribution in [3.05, 3.63) is 51.0 Å². The third-order valence-corrected chi connectivity index (χ3v) is 2.92. The molecule has 0 saturated heterocycles. The third-order valence-electron chi connectivity index (χ3n) is 2.70. The summed E-state index contributed by atoms with van der Waals surface area (Å²) in [7, 11) is 0. The number of aromatic amines is 1. The van der Waals surface area contributed by atoms with E-state index in [1.807, 2.05) is 44.2 Å². The molecule has 2 aromatic rings. The molecule has 0 spiro atoms. The number of H-pyrrole nitrogens is 1. The maximum atomic E-state index is 11.8. The Labute approximate surface area is 105 Å². The summed E-state index contributed by atoms with van der Waals surface area (Å²) in [4.78, 5) is 14.4. The first-order chi connectivity index (χ1) is 8.11. The molecule has 0 aliphatic heterocycles. The Morgan fingerprint density at radius 3 is 2.53 bits per heavy atom.